The van der Waals surface area contributed by atoms with Gasteiger partial charge in [0, 0.05) is 20.1 Å². The standard InChI is InChI=1S/C34H18Br2N2S2/c35-19-7-9-21-17(11-19)13-27-23(21)3-1-5-25(27)33-37-29-15-32-30(16-31(29)39-33)38-34(40-32)26-6-2-4-24-22-10-8-20(36)12-18(22)14-28(24)26/h1-12,15-16H,13-14H2. The van der Waals surface area contributed by atoms with Crippen molar-refractivity contribution in [2.45, 2.75) is 12.8 Å². The van der Waals surface area contributed by atoms with Crippen molar-refractivity contribution in [3.05, 3.63) is 116 Å². The molecule has 0 atom stereocenters. The molecular formula is C34H18Br2N2S2. The summed E-state index contributed by atoms with van der Waals surface area (Å²) in [6.07, 6.45) is 1.89. The van der Waals surface area contributed by atoms with E-state index in [2.05, 4.69) is 117 Å². The van der Waals surface area contributed by atoms with Gasteiger partial charge < -0.3 is 0 Å². The summed E-state index contributed by atoms with van der Waals surface area (Å²) in [6, 6.07) is 30.9. The van der Waals surface area contributed by atoms with Gasteiger partial charge >= 0.3 is 0 Å². The zero-order valence-corrected chi connectivity index (χ0v) is 25.8. The molecule has 2 aliphatic rings. The van der Waals surface area contributed by atoms with Crippen LogP contribution in [0.4, 0.5) is 0 Å². The Bertz CT molecular complexity index is 2000. The van der Waals surface area contributed by atoms with Gasteiger partial charge in [-0.2, -0.15) is 0 Å². The van der Waals surface area contributed by atoms with Crippen LogP contribution in [0.25, 0.3) is 63.8 Å². The predicted octanol–water partition coefficient (Wildman–Crippen LogP) is 10.9. The van der Waals surface area contributed by atoms with Crippen molar-refractivity contribution < 1.29 is 0 Å². The van der Waals surface area contributed by atoms with Gasteiger partial charge in [-0.05, 0) is 93.7 Å². The summed E-state index contributed by atoms with van der Waals surface area (Å²) in [5, 5.41) is 2.17. The van der Waals surface area contributed by atoms with Crippen LogP contribution in [-0.4, -0.2) is 9.97 Å². The third kappa shape index (κ3) is 3.50. The first-order chi connectivity index (χ1) is 19.6. The summed E-state index contributed by atoms with van der Waals surface area (Å²) in [4.78, 5) is 10.3. The number of halogens is 2. The first-order valence-corrected chi connectivity index (χ1v) is 16.3. The van der Waals surface area contributed by atoms with E-state index in [4.69, 9.17) is 9.97 Å². The second-order valence-corrected chi connectivity index (χ2v) is 14.3. The summed E-state index contributed by atoms with van der Waals surface area (Å²) < 4.78 is 4.63. The number of thiazole rings is 2. The van der Waals surface area contributed by atoms with Crippen LogP contribution in [0.3, 0.4) is 0 Å². The maximum atomic E-state index is 5.15. The number of fused-ring (bicyclic) bond motifs is 8. The number of benzene rings is 5. The minimum Gasteiger partial charge on any atom is -0.236 e. The highest BCUT2D eigenvalue weighted by Gasteiger charge is 2.25. The van der Waals surface area contributed by atoms with Gasteiger partial charge in [0.2, 0.25) is 0 Å². The Morgan fingerprint density at radius 3 is 1.43 bits per heavy atom. The van der Waals surface area contributed by atoms with Gasteiger partial charge in [0.05, 0.1) is 20.4 Å². The van der Waals surface area contributed by atoms with Gasteiger partial charge in [0.1, 0.15) is 10.0 Å². The number of rotatable bonds is 2. The van der Waals surface area contributed by atoms with Crippen molar-refractivity contribution in [2.75, 3.05) is 0 Å². The Kier molecular flexibility index (Phi) is 5.10. The largest absolute Gasteiger partial charge is 0.236 e. The Labute approximate surface area is 255 Å². The predicted molar refractivity (Wildman–Crippen MR) is 176 cm³/mol. The highest BCUT2D eigenvalue weighted by molar-refractivity contribution is 9.10. The summed E-state index contributed by atoms with van der Waals surface area (Å²) in [5.41, 5.74) is 15.4. The quantitative estimate of drug-likeness (QED) is 0.182. The van der Waals surface area contributed by atoms with Gasteiger partial charge in [-0.3, -0.25) is 0 Å². The molecule has 40 heavy (non-hydrogen) atoms. The van der Waals surface area contributed by atoms with Gasteiger partial charge in [0.15, 0.2) is 0 Å². The van der Waals surface area contributed by atoms with E-state index >= 15 is 0 Å². The van der Waals surface area contributed by atoms with Gasteiger partial charge in [0.25, 0.3) is 0 Å². The molecule has 2 aliphatic carbocycles. The van der Waals surface area contributed by atoms with Crippen LogP contribution in [-0.2, 0) is 12.8 Å². The number of hydrogen-bond acceptors (Lipinski definition) is 4. The van der Waals surface area contributed by atoms with E-state index in [0.29, 0.717) is 0 Å². The number of aromatic nitrogens is 2. The fourth-order valence-corrected chi connectivity index (χ4v) is 9.25. The first kappa shape index (κ1) is 23.5. The average molecular weight is 678 g/mol. The van der Waals surface area contributed by atoms with Crippen molar-refractivity contribution in [2.24, 2.45) is 0 Å². The van der Waals surface area contributed by atoms with E-state index in [1.807, 2.05) is 0 Å². The molecule has 0 radical (unpaired) electrons. The van der Waals surface area contributed by atoms with Gasteiger partial charge in [-0.15, -0.1) is 22.7 Å². The monoisotopic (exact) mass is 676 g/mol. The smallest absolute Gasteiger partial charge is 0.124 e. The molecule has 9 rings (SSSR count). The molecule has 0 aliphatic heterocycles. The third-order valence-corrected chi connectivity index (χ3v) is 11.2. The molecule has 2 nitrogen and oxygen atoms in total. The van der Waals surface area contributed by atoms with Crippen LogP contribution in [0, 0.1) is 0 Å². The Morgan fingerprint density at radius 2 is 0.950 bits per heavy atom. The van der Waals surface area contributed by atoms with Crippen molar-refractivity contribution in [3.8, 4) is 43.4 Å². The number of nitrogens with zero attached hydrogens (tertiary/aromatic N) is 2. The van der Waals surface area contributed by atoms with Crippen LogP contribution in [0.2, 0.25) is 0 Å². The van der Waals surface area contributed by atoms with Gasteiger partial charge in [-0.25, -0.2) is 9.97 Å². The second kappa shape index (κ2) is 8.67. The molecule has 0 unspecified atom stereocenters. The molecule has 0 saturated heterocycles. The van der Waals surface area contributed by atoms with Crippen molar-refractivity contribution in [1.82, 2.24) is 9.97 Å². The average Bonchev–Trinajstić information content (AvgIpc) is 3.72. The molecule has 0 fully saturated rings. The number of hydrogen-bond donors (Lipinski definition) is 0. The molecule has 0 spiro atoms. The SMILES string of the molecule is Brc1ccc2c(c1)Cc1c(-c3nc4cc5sc(-c6cccc7c6Cc6cc(Br)ccc6-7)nc5cc4s3)cccc1-2. The Balaban J connectivity index is 1.12. The zero-order valence-electron chi connectivity index (χ0n) is 21.0. The lowest BCUT2D eigenvalue weighted by Crippen LogP contribution is -1.87. The minimum absolute atomic E-state index is 0.943. The summed E-state index contributed by atoms with van der Waals surface area (Å²) in [6.45, 7) is 0. The lowest BCUT2D eigenvalue weighted by atomic mass is 10.0. The third-order valence-electron chi connectivity index (χ3n) is 8.16. The topological polar surface area (TPSA) is 25.8 Å². The van der Waals surface area contributed by atoms with Crippen LogP contribution >= 0.6 is 54.5 Å². The molecule has 0 N–H and O–H groups in total. The maximum Gasteiger partial charge on any atom is 0.124 e. The second-order valence-electron chi connectivity index (χ2n) is 10.4. The molecule has 0 amide bonds. The molecule has 7 aromatic rings. The first-order valence-electron chi connectivity index (χ1n) is 13.1. The Morgan fingerprint density at radius 1 is 0.500 bits per heavy atom. The van der Waals surface area contributed by atoms with E-state index in [1.165, 1.54) is 65.0 Å². The van der Waals surface area contributed by atoms with Crippen LogP contribution in [0.1, 0.15) is 22.3 Å². The van der Waals surface area contributed by atoms with Crippen molar-refractivity contribution >= 4 is 75.0 Å². The minimum atomic E-state index is 0.943. The molecule has 6 heteroatoms. The summed E-state index contributed by atoms with van der Waals surface area (Å²) in [5.74, 6) is 0. The highest BCUT2D eigenvalue weighted by atomic mass is 79.9. The molecular weight excluding hydrogens is 660 g/mol. The van der Waals surface area contributed by atoms with Gasteiger partial charge in [-0.1, -0.05) is 80.4 Å². The van der Waals surface area contributed by atoms with E-state index in [1.54, 1.807) is 22.7 Å². The summed E-state index contributed by atoms with van der Waals surface area (Å²) >= 11 is 10.8. The molecule has 2 heterocycles. The zero-order chi connectivity index (χ0) is 26.5. The lowest BCUT2D eigenvalue weighted by Gasteiger charge is -2.05. The van der Waals surface area contributed by atoms with Crippen molar-refractivity contribution in [1.29, 1.82) is 0 Å². The van der Waals surface area contributed by atoms with Crippen LogP contribution in [0.15, 0.2) is 93.9 Å². The van der Waals surface area contributed by atoms with E-state index < -0.39 is 0 Å². The molecule has 5 aromatic carbocycles. The molecule has 0 bridgehead atoms. The van der Waals surface area contributed by atoms with Crippen LogP contribution in [0.5, 0.6) is 0 Å². The fourth-order valence-electron chi connectivity index (χ4n) is 6.36. The van der Waals surface area contributed by atoms with E-state index in [-0.39, 0.29) is 0 Å². The Hall–Kier alpha value is -3.16. The van der Waals surface area contributed by atoms with Crippen LogP contribution < -0.4 is 0 Å². The van der Waals surface area contributed by atoms with E-state index in [9.17, 15) is 0 Å². The fraction of sp³-hybridized carbons (Fsp3) is 0.0588. The highest BCUT2D eigenvalue weighted by Crippen LogP contribution is 2.46. The molecule has 0 saturated carbocycles. The summed E-state index contributed by atoms with van der Waals surface area (Å²) in [7, 11) is 0. The maximum absolute atomic E-state index is 5.15. The van der Waals surface area contributed by atoms with E-state index in [0.717, 1.165) is 42.8 Å². The van der Waals surface area contributed by atoms with Crippen molar-refractivity contribution in [3.63, 3.8) is 0 Å². The molecule has 190 valence electrons. The normalized spacial score (nSPS) is 13.1. The molecule has 2 aromatic heterocycles. The lowest BCUT2D eigenvalue weighted by molar-refractivity contribution is 1.25.